The number of aryl methyl sites for hydroxylation is 1. The van der Waals surface area contributed by atoms with Crippen LogP contribution in [0.3, 0.4) is 0 Å². The Morgan fingerprint density at radius 3 is 2.40 bits per heavy atom. The minimum absolute atomic E-state index is 0.108. The zero-order valence-electron chi connectivity index (χ0n) is 10.7. The fourth-order valence-electron chi connectivity index (χ4n) is 2.35. The number of hydrogen-bond donors (Lipinski definition) is 0. The monoisotopic (exact) mass is 378 g/mol. The molecular weight excluding hydrogens is 367 g/mol. The number of halogens is 1. The van der Waals surface area contributed by atoms with Crippen molar-refractivity contribution in [3.05, 3.63) is 67.9 Å². The molecular formula is C15H11IN2O2. The van der Waals surface area contributed by atoms with E-state index in [0.717, 1.165) is 14.9 Å². The second-order valence-electron chi connectivity index (χ2n) is 4.54. The summed E-state index contributed by atoms with van der Waals surface area (Å²) in [4.78, 5) is 10.3. The Hall–Kier alpha value is -1.89. The summed E-state index contributed by atoms with van der Waals surface area (Å²) in [6.45, 7) is 2.09. The van der Waals surface area contributed by atoms with Crippen LogP contribution in [-0.4, -0.2) is 9.49 Å². The van der Waals surface area contributed by atoms with Crippen LogP contribution >= 0.6 is 22.6 Å². The molecule has 0 bridgehead atoms. The average Bonchev–Trinajstić information content (AvgIpc) is 2.72. The standard InChI is InChI=1S/C15H11IN2O2/c1-10-13-4-2-3-5-14(13)17(15(10)16)11-6-8-12(9-7-11)18(19)20/h2-9H,1H3. The maximum absolute atomic E-state index is 10.7. The highest BCUT2D eigenvalue weighted by molar-refractivity contribution is 14.1. The van der Waals surface area contributed by atoms with Crippen LogP contribution in [0.15, 0.2) is 48.5 Å². The fourth-order valence-corrected chi connectivity index (χ4v) is 3.18. The number of non-ortho nitro benzene ring substituents is 1. The van der Waals surface area contributed by atoms with Crippen molar-refractivity contribution in [2.75, 3.05) is 0 Å². The number of para-hydroxylation sites is 1. The third-order valence-corrected chi connectivity index (χ3v) is 4.66. The summed E-state index contributed by atoms with van der Waals surface area (Å²) in [5.74, 6) is 0. The second-order valence-corrected chi connectivity index (χ2v) is 5.56. The Bertz CT molecular complexity index is 807. The van der Waals surface area contributed by atoms with E-state index in [-0.39, 0.29) is 10.6 Å². The molecule has 0 amide bonds. The van der Waals surface area contributed by atoms with Crippen LogP contribution < -0.4 is 0 Å². The van der Waals surface area contributed by atoms with Gasteiger partial charge >= 0.3 is 0 Å². The van der Waals surface area contributed by atoms with E-state index in [9.17, 15) is 10.1 Å². The molecule has 0 fully saturated rings. The minimum Gasteiger partial charge on any atom is -0.304 e. The molecule has 2 aromatic carbocycles. The lowest BCUT2D eigenvalue weighted by Gasteiger charge is -2.07. The van der Waals surface area contributed by atoms with E-state index < -0.39 is 0 Å². The van der Waals surface area contributed by atoms with E-state index in [0.29, 0.717) is 0 Å². The highest BCUT2D eigenvalue weighted by Gasteiger charge is 2.13. The van der Waals surface area contributed by atoms with E-state index in [2.05, 4.69) is 46.2 Å². The Morgan fingerprint density at radius 1 is 1.10 bits per heavy atom. The average molecular weight is 378 g/mol. The summed E-state index contributed by atoms with van der Waals surface area (Å²) in [5, 5.41) is 11.9. The fraction of sp³-hybridized carbons (Fsp3) is 0.0667. The van der Waals surface area contributed by atoms with Gasteiger partial charge in [0.25, 0.3) is 5.69 Å². The Morgan fingerprint density at radius 2 is 1.75 bits per heavy atom. The number of rotatable bonds is 2. The first-order valence-corrected chi connectivity index (χ1v) is 7.18. The number of benzene rings is 2. The predicted molar refractivity (Wildman–Crippen MR) is 87.4 cm³/mol. The van der Waals surface area contributed by atoms with Crippen molar-refractivity contribution in [2.24, 2.45) is 0 Å². The number of aromatic nitrogens is 1. The van der Waals surface area contributed by atoms with Crippen molar-refractivity contribution in [3.8, 4) is 5.69 Å². The van der Waals surface area contributed by atoms with Crippen LogP contribution in [0.1, 0.15) is 5.56 Å². The van der Waals surface area contributed by atoms with E-state index in [4.69, 9.17) is 0 Å². The van der Waals surface area contributed by atoms with Crippen LogP contribution in [0.2, 0.25) is 0 Å². The van der Waals surface area contributed by atoms with E-state index in [1.54, 1.807) is 12.1 Å². The molecule has 0 N–H and O–H groups in total. The Labute approximate surface area is 129 Å². The molecule has 0 radical (unpaired) electrons. The van der Waals surface area contributed by atoms with Crippen LogP contribution in [0.5, 0.6) is 0 Å². The summed E-state index contributed by atoms with van der Waals surface area (Å²) in [7, 11) is 0. The molecule has 0 saturated carbocycles. The Kier molecular flexibility index (Phi) is 3.21. The maximum Gasteiger partial charge on any atom is 0.269 e. The lowest BCUT2D eigenvalue weighted by atomic mass is 10.2. The van der Waals surface area contributed by atoms with E-state index >= 15 is 0 Å². The van der Waals surface area contributed by atoms with Gasteiger partial charge in [-0.2, -0.15) is 0 Å². The van der Waals surface area contributed by atoms with E-state index in [1.165, 1.54) is 23.1 Å². The van der Waals surface area contributed by atoms with Gasteiger partial charge in [0.1, 0.15) is 0 Å². The zero-order valence-corrected chi connectivity index (χ0v) is 12.9. The summed E-state index contributed by atoms with van der Waals surface area (Å²) in [6, 6.07) is 14.8. The summed E-state index contributed by atoms with van der Waals surface area (Å²) < 4.78 is 3.24. The molecule has 0 unspecified atom stereocenters. The third kappa shape index (κ3) is 1.98. The van der Waals surface area contributed by atoms with E-state index in [1.807, 2.05) is 12.1 Å². The molecule has 0 aliphatic carbocycles. The molecule has 0 atom stereocenters. The first kappa shape index (κ1) is 13.1. The minimum atomic E-state index is -0.381. The molecule has 0 aliphatic heterocycles. The largest absolute Gasteiger partial charge is 0.304 e. The van der Waals surface area contributed by atoms with Gasteiger partial charge in [-0.05, 0) is 53.3 Å². The van der Waals surface area contributed by atoms with Gasteiger partial charge < -0.3 is 4.57 Å². The van der Waals surface area contributed by atoms with Gasteiger partial charge in [0, 0.05) is 23.2 Å². The number of nitro benzene ring substituents is 1. The molecule has 0 saturated heterocycles. The molecule has 4 nitrogen and oxygen atoms in total. The molecule has 3 rings (SSSR count). The van der Waals surface area contributed by atoms with Gasteiger partial charge in [-0.3, -0.25) is 10.1 Å². The van der Waals surface area contributed by atoms with Gasteiger partial charge in [0.05, 0.1) is 14.1 Å². The normalized spacial score (nSPS) is 10.9. The molecule has 0 spiro atoms. The van der Waals surface area contributed by atoms with Gasteiger partial charge in [-0.1, -0.05) is 18.2 Å². The highest BCUT2D eigenvalue weighted by atomic mass is 127. The van der Waals surface area contributed by atoms with Gasteiger partial charge in [-0.25, -0.2) is 0 Å². The summed E-state index contributed by atoms with van der Waals surface area (Å²) in [5.41, 5.74) is 3.38. The topological polar surface area (TPSA) is 48.1 Å². The van der Waals surface area contributed by atoms with Crippen LogP contribution in [0.4, 0.5) is 5.69 Å². The van der Waals surface area contributed by atoms with Crippen molar-refractivity contribution in [1.29, 1.82) is 0 Å². The molecule has 5 heteroatoms. The van der Waals surface area contributed by atoms with Crippen molar-refractivity contribution >= 4 is 39.2 Å². The van der Waals surface area contributed by atoms with Crippen LogP contribution in [0.25, 0.3) is 16.6 Å². The van der Waals surface area contributed by atoms with Crippen molar-refractivity contribution in [3.63, 3.8) is 0 Å². The molecule has 100 valence electrons. The van der Waals surface area contributed by atoms with Crippen molar-refractivity contribution < 1.29 is 4.92 Å². The second kappa shape index (κ2) is 4.90. The number of fused-ring (bicyclic) bond motifs is 1. The molecule has 3 aromatic rings. The predicted octanol–water partition coefficient (Wildman–Crippen LogP) is 4.45. The molecule has 20 heavy (non-hydrogen) atoms. The lowest BCUT2D eigenvalue weighted by molar-refractivity contribution is -0.384. The molecule has 1 aromatic heterocycles. The quantitative estimate of drug-likeness (QED) is 0.376. The van der Waals surface area contributed by atoms with Gasteiger partial charge in [-0.15, -0.1) is 0 Å². The third-order valence-electron chi connectivity index (χ3n) is 3.37. The lowest BCUT2D eigenvalue weighted by Crippen LogP contribution is -1.97. The SMILES string of the molecule is Cc1c(I)n(-c2ccc([N+](=O)[O-])cc2)c2ccccc12. The first-order chi connectivity index (χ1) is 9.59. The Balaban J connectivity index is 2.24. The van der Waals surface area contributed by atoms with Gasteiger partial charge in [0.2, 0.25) is 0 Å². The van der Waals surface area contributed by atoms with Crippen molar-refractivity contribution in [2.45, 2.75) is 6.92 Å². The zero-order chi connectivity index (χ0) is 14.3. The molecule has 0 aliphatic rings. The highest BCUT2D eigenvalue weighted by Crippen LogP contribution is 2.30. The number of nitro groups is 1. The molecule has 1 heterocycles. The van der Waals surface area contributed by atoms with Crippen LogP contribution in [0, 0.1) is 20.7 Å². The van der Waals surface area contributed by atoms with Gasteiger partial charge in [0.15, 0.2) is 0 Å². The van der Waals surface area contributed by atoms with Crippen LogP contribution in [-0.2, 0) is 0 Å². The number of nitrogens with zero attached hydrogens (tertiary/aromatic N) is 2. The summed E-state index contributed by atoms with van der Waals surface area (Å²) >= 11 is 2.31. The number of hydrogen-bond acceptors (Lipinski definition) is 2. The van der Waals surface area contributed by atoms with Crippen molar-refractivity contribution in [1.82, 2.24) is 4.57 Å². The smallest absolute Gasteiger partial charge is 0.269 e. The maximum atomic E-state index is 10.7. The first-order valence-electron chi connectivity index (χ1n) is 6.10. The summed E-state index contributed by atoms with van der Waals surface area (Å²) in [6.07, 6.45) is 0.